The van der Waals surface area contributed by atoms with Gasteiger partial charge in [0.15, 0.2) is 0 Å². The standard InChI is InChI=1S/C26H33ClN4O2/c1-2-3-4-5-6-7-8-15-31-16-9-10-20(19-31)11-14-25(32)29-30-26(33)24-18-21-17-22(27)12-13-23(21)28-24/h9-14,16-18,28H,2-8,15,19H2,1H3,(H,29,32)(H,30,33)/b14-11+. The van der Waals surface area contributed by atoms with Gasteiger partial charge < -0.3 is 9.88 Å². The zero-order valence-electron chi connectivity index (χ0n) is 19.2. The van der Waals surface area contributed by atoms with Crippen molar-refractivity contribution in [2.75, 3.05) is 13.1 Å². The average molecular weight is 469 g/mol. The Hall–Kier alpha value is -2.99. The molecule has 0 saturated carbocycles. The molecule has 33 heavy (non-hydrogen) atoms. The van der Waals surface area contributed by atoms with E-state index >= 15 is 0 Å². The van der Waals surface area contributed by atoms with Gasteiger partial charge in [0.1, 0.15) is 5.69 Å². The fraction of sp³-hybridized carbons (Fsp3) is 0.385. The molecule has 1 aliphatic heterocycles. The fourth-order valence-electron chi connectivity index (χ4n) is 3.80. The van der Waals surface area contributed by atoms with Gasteiger partial charge in [0.25, 0.3) is 11.8 Å². The molecule has 0 fully saturated rings. The number of hydrogen-bond acceptors (Lipinski definition) is 3. The Balaban J connectivity index is 1.37. The summed E-state index contributed by atoms with van der Waals surface area (Å²) in [6.45, 7) is 4.04. The Kier molecular flexibility index (Phi) is 9.63. The summed E-state index contributed by atoms with van der Waals surface area (Å²) < 4.78 is 0. The molecule has 2 aromatic rings. The van der Waals surface area contributed by atoms with Crippen molar-refractivity contribution < 1.29 is 9.59 Å². The molecule has 176 valence electrons. The number of nitrogens with one attached hydrogen (secondary N) is 3. The molecule has 1 aromatic heterocycles. The van der Waals surface area contributed by atoms with Gasteiger partial charge in [-0.05, 0) is 48.5 Å². The number of H-pyrrole nitrogens is 1. The maximum atomic E-state index is 12.3. The molecule has 0 radical (unpaired) electrons. The number of nitrogens with zero attached hydrogens (tertiary/aromatic N) is 1. The van der Waals surface area contributed by atoms with Gasteiger partial charge in [-0.25, -0.2) is 0 Å². The molecule has 1 aliphatic rings. The lowest BCUT2D eigenvalue weighted by atomic mass is 10.1. The van der Waals surface area contributed by atoms with Crippen LogP contribution in [0.5, 0.6) is 0 Å². The van der Waals surface area contributed by atoms with E-state index in [2.05, 4.69) is 33.9 Å². The number of carbonyl (C=O) groups excluding carboxylic acids is 2. The van der Waals surface area contributed by atoms with Crippen LogP contribution in [0.2, 0.25) is 5.02 Å². The number of hydrazine groups is 1. The number of hydrogen-bond donors (Lipinski definition) is 3. The average Bonchev–Trinajstić information content (AvgIpc) is 3.24. The van der Waals surface area contributed by atoms with E-state index in [1.54, 1.807) is 30.3 Å². The van der Waals surface area contributed by atoms with Crippen LogP contribution in [0.4, 0.5) is 0 Å². The van der Waals surface area contributed by atoms with E-state index in [0.717, 1.165) is 29.6 Å². The third-order valence-corrected chi connectivity index (χ3v) is 5.85. The smallest absolute Gasteiger partial charge is 0.286 e. The number of benzene rings is 1. The van der Waals surface area contributed by atoms with Crippen molar-refractivity contribution in [1.82, 2.24) is 20.7 Å². The van der Waals surface area contributed by atoms with E-state index < -0.39 is 11.8 Å². The number of fused-ring (bicyclic) bond motifs is 1. The molecule has 0 atom stereocenters. The van der Waals surface area contributed by atoms with E-state index in [4.69, 9.17) is 11.6 Å². The SMILES string of the molecule is CCCCCCCCCN1C=CC=C(/C=C/C(=O)NNC(=O)c2cc3cc(Cl)ccc3[nH]2)C1. The number of amides is 2. The van der Waals surface area contributed by atoms with Crippen molar-refractivity contribution in [3.63, 3.8) is 0 Å². The van der Waals surface area contributed by atoms with Gasteiger partial charge in [-0.3, -0.25) is 20.4 Å². The van der Waals surface area contributed by atoms with Crippen LogP contribution < -0.4 is 10.9 Å². The second kappa shape index (κ2) is 12.9. The van der Waals surface area contributed by atoms with Crippen LogP contribution in [0.15, 0.2) is 60.3 Å². The van der Waals surface area contributed by atoms with Crippen molar-refractivity contribution >= 4 is 34.3 Å². The number of allylic oxidation sites excluding steroid dienone is 2. The van der Waals surface area contributed by atoms with Crippen LogP contribution in [-0.2, 0) is 4.79 Å². The van der Waals surface area contributed by atoms with Crippen molar-refractivity contribution in [2.24, 2.45) is 0 Å². The topological polar surface area (TPSA) is 77.2 Å². The molecule has 0 bridgehead atoms. The predicted molar refractivity (Wildman–Crippen MR) is 135 cm³/mol. The molecule has 2 heterocycles. The number of aromatic amines is 1. The fourth-order valence-corrected chi connectivity index (χ4v) is 3.98. The highest BCUT2D eigenvalue weighted by molar-refractivity contribution is 6.31. The Bertz CT molecular complexity index is 1040. The number of carbonyl (C=O) groups is 2. The monoisotopic (exact) mass is 468 g/mol. The van der Waals surface area contributed by atoms with Crippen LogP contribution in [0.25, 0.3) is 10.9 Å². The van der Waals surface area contributed by atoms with Crippen LogP contribution in [0.1, 0.15) is 62.4 Å². The summed E-state index contributed by atoms with van der Waals surface area (Å²) >= 11 is 5.98. The minimum absolute atomic E-state index is 0.345. The van der Waals surface area contributed by atoms with Gasteiger partial charge in [0.2, 0.25) is 0 Å². The van der Waals surface area contributed by atoms with Crippen molar-refractivity contribution in [2.45, 2.75) is 51.9 Å². The summed E-state index contributed by atoms with van der Waals surface area (Å²) in [5, 5.41) is 1.43. The maximum absolute atomic E-state index is 12.3. The molecule has 2 amide bonds. The first-order valence-electron chi connectivity index (χ1n) is 11.7. The van der Waals surface area contributed by atoms with Gasteiger partial charge in [0, 0.05) is 35.1 Å². The quantitative estimate of drug-likeness (QED) is 0.227. The third-order valence-electron chi connectivity index (χ3n) is 5.62. The summed E-state index contributed by atoms with van der Waals surface area (Å²) in [6.07, 6.45) is 18.4. The molecule has 3 rings (SSSR count). The summed E-state index contributed by atoms with van der Waals surface area (Å²) in [5.41, 5.74) is 7.04. The zero-order valence-corrected chi connectivity index (χ0v) is 20.0. The molecular weight excluding hydrogens is 436 g/mol. The van der Waals surface area contributed by atoms with Crippen molar-refractivity contribution in [3.05, 3.63) is 71.1 Å². The lowest BCUT2D eigenvalue weighted by molar-refractivity contribution is -0.117. The first-order valence-corrected chi connectivity index (χ1v) is 12.1. The van der Waals surface area contributed by atoms with E-state index in [-0.39, 0.29) is 0 Å². The minimum Gasteiger partial charge on any atom is -0.373 e. The Labute approximate surface area is 200 Å². The van der Waals surface area contributed by atoms with E-state index in [0.29, 0.717) is 10.7 Å². The third kappa shape index (κ3) is 8.13. The van der Waals surface area contributed by atoms with Gasteiger partial charge in [-0.2, -0.15) is 0 Å². The van der Waals surface area contributed by atoms with Gasteiger partial charge >= 0.3 is 0 Å². The molecule has 7 heteroatoms. The van der Waals surface area contributed by atoms with E-state index in [9.17, 15) is 9.59 Å². The molecule has 0 saturated heterocycles. The lowest BCUT2D eigenvalue weighted by Crippen LogP contribution is -2.41. The summed E-state index contributed by atoms with van der Waals surface area (Å²) in [5.74, 6) is -0.818. The lowest BCUT2D eigenvalue weighted by Gasteiger charge is -2.23. The van der Waals surface area contributed by atoms with Crippen molar-refractivity contribution in [1.29, 1.82) is 0 Å². The highest BCUT2D eigenvalue weighted by Crippen LogP contribution is 2.20. The van der Waals surface area contributed by atoms with Gasteiger partial charge in [-0.1, -0.05) is 69.2 Å². The van der Waals surface area contributed by atoms with Crippen LogP contribution >= 0.6 is 11.6 Å². The van der Waals surface area contributed by atoms with Crippen LogP contribution in [-0.4, -0.2) is 34.8 Å². The second-order valence-electron chi connectivity index (χ2n) is 8.37. The zero-order chi connectivity index (χ0) is 23.5. The highest BCUT2D eigenvalue weighted by Gasteiger charge is 2.11. The van der Waals surface area contributed by atoms with E-state index in [1.807, 2.05) is 12.2 Å². The Morgan fingerprint density at radius 1 is 1.09 bits per heavy atom. The van der Waals surface area contributed by atoms with Crippen LogP contribution in [0, 0.1) is 0 Å². The van der Waals surface area contributed by atoms with Gasteiger partial charge in [-0.15, -0.1) is 0 Å². The summed E-state index contributed by atoms with van der Waals surface area (Å²) in [4.78, 5) is 29.7. The van der Waals surface area contributed by atoms with E-state index in [1.165, 1.54) is 51.0 Å². The Morgan fingerprint density at radius 2 is 1.88 bits per heavy atom. The first kappa shape index (κ1) is 24.6. The number of aromatic nitrogens is 1. The predicted octanol–water partition coefficient (Wildman–Crippen LogP) is 5.64. The maximum Gasteiger partial charge on any atom is 0.286 e. The number of rotatable bonds is 11. The van der Waals surface area contributed by atoms with Crippen molar-refractivity contribution in [3.8, 4) is 0 Å². The molecule has 1 aromatic carbocycles. The van der Waals surface area contributed by atoms with Gasteiger partial charge in [0.05, 0.1) is 0 Å². The highest BCUT2D eigenvalue weighted by atomic mass is 35.5. The Morgan fingerprint density at radius 3 is 2.70 bits per heavy atom. The first-order chi connectivity index (χ1) is 16.0. The molecule has 0 aliphatic carbocycles. The largest absolute Gasteiger partial charge is 0.373 e. The molecule has 3 N–H and O–H groups in total. The van der Waals surface area contributed by atoms with Crippen LogP contribution in [0.3, 0.4) is 0 Å². The molecule has 0 unspecified atom stereocenters. The minimum atomic E-state index is -0.426. The number of halogens is 1. The molecular formula is C26H33ClN4O2. The molecule has 0 spiro atoms. The number of unbranched alkanes of at least 4 members (excludes halogenated alkanes) is 6. The normalized spacial score (nSPS) is 13.5. The second-order valence-corrected chi connectivity index (χ2v) is 8.80. The summed E-state index contributed by atoms with van der Waals surface area (Å²) in [6, 6.07) is 7.02. The summed E-state index contributed by atoms with van der Waals surface area (Å²) in [7, 11) is 0. The molecule has 6 nitrogen and oxygen atoms in total.